The van der Waals surface area contributed by atoms with Crippen molar-refractivity contribution in [3.63, 3.8) is 0 Å². The largest absolute Gasteiger partial charge is 0.494 e. The molecule has 0 aliphatic heterocycles. The number of ether oxygens (including phenoxy) is 1. The monoisotopic (exact) mass is 412 g/mol. The van der Waals surface area contributed by atoms with Crippen LogP contribution < -0.4 is 15.4 Å². The van der Waals surface area contributed by atoms with Crippen molar-refractivity contribution in [2.75, 3.05) is 26.7 Å². The molecule has 0 aliphatic carbocycles. The zero-order valence-electron chi connectivity index (χ0n) is 11.7. The Morgan fingerprint density at radius 3 is 2.55 bits per heavy atom. The third-order valence-corrected chi connectivity index (χ3v) is 3.28. The molecule has 1 rings (SSSR count). The highest BCUT2D eigenvalue weighted by Crippen LogP contribution is 2.13. The number of carbonyl (C=O) groups is 1. The molecule has 0 aliphatic rings. The summed E-state index contributed by atoms with van der Waals surface area (Å²) >= 11 is 2.26. The lowest BCUT2D eigenvalue weighted by Gasteiger charge is -2.07. The molecule has 0 saturated heterocycles. The Balaban J connectivity index is 0.00000361. The van der Waals surface area contributed by atoms with Crippen LogP contribution in [0.2, 0.25) is 0 Å². The van der Waals surface area contributed by atoms with Crippen LogP contribution in [0.15, 0.2) is 24.3 Å². The molecule has 1 aromatic carbocycles. The van der Waals surface area contributed by atoms with Crippen LogP contribution in [0, 0.1) is 3.57 Å². The molecule has 0 spiro atoms. The third kappa shape index (κ3) is 9.39. The first-order valence-corrected chi connectivity index (χ1v) is 7.60. The Morgan fingerprint density at radius 2 is 1.90 bits per heavy atom. The van der Waals surface area contributed by atoms with E-state index in [0.717, 1.165) is 31.7 Å². The van der Waals surface area contributed by atoms with Gasteiger partial charge < -0.3 is 15.4 Å². The van der Waals surface area contributed by atoms with Gasteiger partial charge in [0, 0.05) is 16.5 Å². The second kappa shape index (κ2) is 12.2. The molecule has 1 amide bonds. The van der Waals surface area contributed by atoms with Gasteiger partial charge in [-0.1, -0.05) is 0 Å². The van der Waals surface area contributed by atoms with Crippen LogP contribution in [-0.4, -0.2) is 32.7 Å². The average Bonchev–Trinajstić information content (AvgIpc) is 2.42. The molecule has 2 N–H and O–H groups in total. The molecular weight excluding hydrogens is 391 g/mol. The van der Waals surface area contributed by atoms with Gasteiger partial charge in [-0.05, 0) is 73.3 Å². The molecule has 0 saturated carbocycles. The number of halogens is 2. The van der Waals surface area contributed by atoms with E-state index in [0.29, 0.717) is 13.0 Å². The predicted molar refractivity (Wildman–Crippen MR) is 92.7 cm³/mol. The van der Waals surface area contributed by atoms with Crippen LogP contribution in [0.5, 0.6) is 5.75 Å². The van der Waals surface area contributed by atoms with E-state index in [1.54, 1.807) is 0 Å². The van der Waals surface area contributed by atoms with E-state index in [1.165, 1.54) is 3.57 Å². The number of hydrogen-bond acceptors (Lipinski definition) is 3. The van der Waals surface area contributed by atoms with Crippen LogP contribution in [0.1, 0.15) is 19.3 Å². The fraction of sp³-hybridized carbons (Fsp3) is 0.500. The van der Waals surface area contributed by atoms with Gasteiger partial charge >= 0.3 is 0 Å². The van der Waals surface area contributed by atoms with Crippen LogP contribution in [0.3, 0.4) is 0 Å². The number of nitrogens with one attached hydrogen (secondary N) is 2. The van der Waals surface area contributed by atoms with Gasteiger partial charge in [0.1, 0.15) is 5.75 Å². The van der Waals surface area contributed by atoms with Crippen molar-refractivity contribution in [3.05, 3.63) is 27.8 Å². The van der Waals surface area contributed by atoms with Gasteiger partial charge in [-0.3, -0.25) is 4.79 Å². The van der Waals surface area contributed by atoms with Gasteiger partial charge in [0.05, 0.1) is 6.61 Å². The van der Waals surface area contributed by atoms with Crippen molar-refractivity contribution in [2.24, 2.45) is 0 Å². The fourth-order valence-electron chi connectivity index (χ4n) is 1.53. The summed E-state index contributed by atoms with van der Waals surface area (Å²) in [5.74, 6) is 0.956. The molecule has 0 unspecified atom stereocenters. The highest BCUT2D eigenvalue weighted by atomic mass is 127. The van der Waals surface area contributed by atoms with Crippen LogP contribution >= 0.6 is 35.0 Å². The molecule has 20 heavy (non-hydrogen) atoms. The topological polar surface area (TPSA) is 50.4 Å². The molecular formula is C14H22ClIN2O2. The van der Waals surface area contributed by atoms with Crippen LogP contribution in [-0.2, 0) is 4.79 Å². The van der Waals surface area contributed by atoms with Crippen LogP contribution in [0.4, 0.5) is 0 Å². The summed E-state index contributed by atoms with van der Waals surface area (Å²) in [6.45, 7) is 2.23. The molecule has 1 aromatic rings. The van der Waals surface area contributed by atoms with Gasteiger partial charge in [-0.25, -0.2) is 0 Å². The van der Waals surface area contributed by atoms with Gasteiger partial charge in [-0.2, -0.15) is 0 Å². The SMILES string of the molecule is CNCCCNC(=O)CCCOc1ccc(I)cc1.Cl. The number of hydrogen-bond donors (Lipinski definition) is 2. The van der Waals surface area contributed by atoms with Crippen molar-refractivity contribution in [1.82, 2.24) is 10.6 Å². The molecule has 0 heterocycles. The van der Waals surface area contributed by atoms with Gasteiger partial charge in [-0.15, -0.1) is 12.4 Å². The van der Waals surface area contributed by atoms with Crippen LogP contribution in [0.25, 0.3) is 0 Å². The third-order valence-electron chi connectivity index (χ3n) is 2.56. The maximum atomic E-state index is 11.5. The normalized spacial score (nSPS) is 9.70. The number of amides is 1. The Bertz CT molecular complexity index is 374. The number of benzene rings is 1. The maximum Gasteiger partial charge on any atom is 0.220 e. The van der Waals surface area contributed by atoms with E-state index in [-0.39, 0.29) is 18.3 Å². The highest BCUT2D eigenvalue weighted by Gasteiger charge is 2.00. The van der Waals surface area contributed by atoms with Crippen molar-refractivity contribution >= 4 is 40.9 Å². The summed E-state index contributed by atoms with van der Waals surface area (Å²) < 4.78 is 6.75. The summed E-state index contributed by atoms with van der Waals surface area (Å²) in [6, 6.07) is 7.90. The predicted octanol–water partition coefficient (Wildman–Crippen LogP) is 2.60. The molecule has 0 aromatic heterocycles. The Labute approximate surface area is 140 Å². The summed E-state index contributed by atoms with van der Waals surface area (Å²) in [7, 11) is 1.91. The molecule has 6 heteroatoms. The Hall–Kier alpha value is -0.530. The van der Waals surface area contributed by atoms with Crippen molar-refractivity contribution in [2.45, 2.75) is 19.3 Å². The lowest BCUT2D eigenvalue weighted by atomic mass is 10.3. The lowest BCUT2D eigenvalue weighted by Crippen LogP contribution is -2.26. The first-order chi connectivity index (χ1) is 9.22. The Morgan fingerprint density at radius 1 is 1.20 bits per heavy atom. The van der Waals surface area contributed by atoms with E-state index in [1.807, 2.05) is 31.3 Å². The van der Waals surface area contributed by atoms with E-state index < -0.39 is 0 Å². The standard InChI is InChI=1S/C14H21IN2O2.ClH/c1-16-9-3-10-17-14(18)4-2-11-19-13-7-5-12(15)6-8-13;/h5-8,16H,2-4,9-11H2,1H3,(H,17,18);1H. The quantitative estimate of drug-likeness (QED) is 0.484. The molecule has 0 atom stereocenters. The molecule has 0 radical (unpaired) electrons. The molecule has 4 nitrogen and oxygen atoms in total. The highest BCUT2D eigenvalue weighted by molar-refractivity contribution is 14.1. The van der Waals surface area contributed by atoms with Crippen molar-refractivity contribution in [3.8, 4) is 5.75 Å². The number of rotatable bonds is 9. The fourth-order valence-corrected chi connectivity index (χ4v) is 1.89. The smallest absolute Gasteiger partial charge is 0.220 e. The zero-order valence-corrected chi connectivity index (χ0v) is 14.6. The Kier molecular flexibility index (Phi) is 11.9. The molecule has 114 valence electrons. The van der Waals surface area contributed by atoms with Gasteiger partial charge in [0.15, 0.2) is 0 Å². The van der Waals surface area contributed by atoms with Gasteiger partial charge in [0.25, 0.3) is 0 Å². The van der Waals surface area contributed by atoms with E-state index in [4.69, 9.17) is 4.74 Å². The van der Waals surface area contributed by atoms with E-state index in [2.05, 4.69) is 33.2 Å². The summed E-state index contributed by atoms with van der Waals surface area (Å²) in [5, 5.41) is 5.93. The minimum atomic E-state index is 0. The minimum absolute atomic E-state index is 0. The van der Waals surface area contributed by atoms with Crippen molar-refractivity contribution < 1.29 is 9.53 Å². The first kappa shape index (κ1) is 19.5. The van der Waals surface area contributed by atoms with E-state index >= 15 is 0 Å². The second-order valence-electron chi connectivity index (χ2n) is 4.21. The van der Waals surface area contributed by atoms with E-state index in [9.17, 15) is 4.79 Å². The summed E-state index contributed by atoms with van der Waals surface area (Å²) in [4.78, 5) is 11.5. The number of carbonyl (C=O) groups excluding carboxylic acids is 1. The second-order valence-corrected chi connectivity index (χ2v) is 5.46. The maximum absolute atomic E-state index is 11.5. The molecule has 0 fully saturated rings. The first-order valence-electron chi connectivity index (χ1n) is 6.52. The van der Waals surface area contributed by atoms with Gasteiger partial charge in [0.2, 0.25) is 5.91 Å². The summed E-state index contributed by atoms with van der Waals surface area (Å²) in [6.07, 6.45) is 2.22. The molecule has 0 bridgehead atoms. The lowest BCUT2D eigenvalue weighted by molar-refractivity contribution is -0.121. The average molecular weight is 413 g/mol. The zero-order chi connectivity index (χ0) is 13.9. The van der Waals surface area contributed by atoms with Crippen molar-refractivity contribution in [1.29, 1.82) is 0 Å². The minimum Gasteiger partial charge on any atom is -0.494 e. The summed E-state index contributed by atoms with van der Waals surface area (Å²) in [5.41, 5.74) is 0.